The van der Waals surface area contributed by atoms with Crippen LogP contribution in [0.3, 0.4) is 0 Å². The molecule has 5 aliphatic rings. The van der Waals surface area contributed by atoms with Gasteiger partial charge in [-0.05, 0) is 63.0 Å². The average molecular weight is 429 g/mol. The van der Waals surface area contributed by atoms with Gasteiger partial charge < -0.3 is 24.4 Å². The zero-order chi connectivity index (χ0) is 21.4. The molecule has 2 saturated heterocycles. The van der Waals surface area contributed by atoms with Gasteiger partial charge in [0.2, 0.25) is 5.91 Å². The molecular formula is C24H32N2O5. The first-order valence-electron chi connectivity index (χ1n) is 11.6. The molecule has 7 heteroatoms. The van der Waals surface area contributed by atoms with Crippen LogP contribution in [0.15, 0.2) is 24.3 Å². The van der Waals surface area contributed by atoms with Gasteiger partial charge in [0, 0.05) is 6.54 Å². The van der Waals surface area contributed by atoms with E-state index < -0.39 is 11.6 Å². The van der Waals surface area contributed by atoms with E-state index in [1.165, 1.54) is 5.56 Å². The maximum atomic E-state index is 13.6. The Balaban J connectivity index is 1.49. The van der Waals surface area contributed by atoms with Crippen LogP contribution < -0.4 is 10.1 Å². The lowest BCUT2D eigenvalue weighted by Crippen LogP contribution is -2.72. The maximum Gasteiger partial charge on any atom is 0.263 e. The monoisotopic (exact) mass is 428 g/mol. The molecule has 2 unspecified atom stereocenters. The standard InChI is InChI=1S/C24H32N2O5/c1-16-23(28)26-12-4-11-24(15-29-14-22(27)25-24)21(26)13-30-18-9-7-17(8-10-18)19-5-2-3-6-20(19)31-16/h2-3,5-6,16-18,21H,4,7-15H2,1H3,(H,25,27)/t16?,17-,18+,21?,24-/m1/s1. The van der Waals surface area contributed by atoms with Crippen molar-refractivity contribution in [3.63, 3.8) is 0 Å². The quantitative estimate of drug-likeness (QED) is 0.687. The molecule has 6 rings (SSSR count). The maximum absolute atomic E-state index is 13.6. The summed E-state index contributed by atoms with van der Waals surface area (Å²) < 4.78 is 18.3. The molecule has 168 valence electrons. The number of piperidine rings is 1. The van der Waals surface area contributed by atoms with Crippen LogP contribution >= 0.6 is 0 Å². The lowest BCUT2D eigenvalue weighted by molar-refractivity contribution is -0.159. The van der Waals surface area contributed by atoms with Crippen molar-refractivity contribution in [3.05, 3.63) is 29.8 Å². The van der Waals surface area contributed by atoms with Crippen LogP contribution in [0, 0.1) is 0 Å². The van der Waals surface area contributed by atoms with Crippen molar-refractivity contribution >= 4 is 11.8 Å². The summed E-state index contributed by atoms with van der Waals surface area (Å²) >= 11 is 0. The SMILES string of the molecule is CC1Oc2ccccc2[C@H]2CC[C@H](CC2)OCC2N(CCC[C@@]23COCC(=O)N3)C1=O. The van der Waals surface area contributed by atoms with Crippen LogP contribution in [0.1, 0.15) is 56.9 Å². The molecule has 4 aliphatic heterocycles. The van der Waals surface area contributed by atoms with Gasteiger partial charge in [0.05, 0.1) is 30.9 Å². The number of nitrogens with zero attached hydrogens (tertiary/aromatic N) is 1. The van der Waals surface area contributed by atoms with Crippen molar-refractivity contribution in [2.45, 2.75) is 75.2 Å². The van der Waals surface area contributed by atoms with Crippen LogP contribution in [0.5, 0.6) is 5.75 Å². The van der Waals surface area contributed by atoms with E-state index >= 15 is 0 Å². The number of amides is 2. The van der Waals surface area contributed by atoms with Gasteiger partial charge in [-0.2, -0.15) is 0 Å². The number of fused-ring (bicyclic) bond motifs is 5. The Kier molecular flexibility index (Phi) is 5.65. The minimum atomic E-state index is -0.614. The van der Waals surface area contributed by atoms with Crippen LogP contribution in [0.2, 0.25) is 0 Å². The molecule has 1 aromatic carbocycles. The van der Waals surface area contributed by atoms with Crippen molar-refractivity contribution in [3.8, 4) is 5.75 Å². The summed E-state index contributed by atoms with van der Waals surface area (Å²) in [6, 6.07) is 7.86. The molecule has 1 aromatic rings. The molecule has 31 heavy (non-hydrogen) atoms. The molecule has 0 radical (unpaired) electrons. The van der Waals surface area contributed by atoms with E-state index in [4.69, 9.17) is 14.2 Å². The van der Waals surface area contributed by atoms with Gasteiger partial charge in [0.15, 0.2) is 6.10 Å². The second kappa shape index (κ2) is 8.43. The summed E-state index contributed by atoms with van der Waals surface area (Å²) in [5, 5.41) is 3.17. The molecule has 1 aliphatic carbocycles. The van der Waals surface area contributed by atoms with Gasteiger partial charge in [0.1, 0.15) is 12.4 Å². The molecule has 1 saturated carbocycles. The van der Waals surface area contributed by atoms with Gasteiger partial charge in [-0.1, -0.05) is 18.2 Å². The fraction of sp³-hybridized carbons (Fsp3) is 0.667. The minimum Gasteiger partial charge on any atom is -0.481 e. The largest absolute Gasteiger partial charge is 0.481 e. The molecule has 7 nitrogen and oxygen atoms in total. The number of benzene rings is 1. The van der Waals surface area contributed by atoms with Gasteiger partial charge in [0.25, 0.3) is 5.91 Å². The zero-order valence-electron chi connectivity index (χ0n) is 18.2. The Hall–Kier alpha value is -2.12. The third-order valence-corrected chi connectivity index (χ3v) is 7.47. The second-order valence-corrected chi connectivity index (χ2v) is 9.45. The number of carbonyl (C=O) groups is 2. The number of para-hydroxylation sites is 1. The van der Waals surface area contributed by atoms with Crippen molar-refractivity contribution in [2.24, 2.45) is 0 Å². The number of morpholine rings is 1. The predicted octanol–water partition coefficient (Wildman–Crippen LogP) is 2.39. The Morgan fingerprint density at radius 1 is 1.13 bits per heavy atom. The van der Waals surface area contributed by atoms with Gasteiger partial charge in [-0.25, -0.2) is 0 Å². The highest BCUT2D eigenvalue weighted by molar-refractivity contribution is 5.82. The summed E-state index contributed by atoms with van der Waals surface area (Å²) in [7, 11) is 0. The third kappa shape index (κ3) is 3.94. The Bertz CT molecular complexity index is 833. The Morgan fingerprint density at radius 3 is 2.74 bits per heavy atom. The number of ether oxygens (including phenoxy) is 3. The molecular weight excluding hydrogens is 396 g/mol. The van der Waals surface area contributed by atoms with Gasteiger partial charge >= 0.3 is 0 Å². The molecule has 3 atom stereocenters. The number of hydrogen-bond acceptors (Lipinski definition) is 5. The van der Waals surface area contributed by atoms with E-state index in [1.54, 1.807) is 0 Å². The first-order chi connectivity index (χ1) is 15.1. The van der Waals surface area contributed by atoms with Gasteiger partial charge in [-0.15, -0.1) is 0 Å². The number of rotatable bonds is 0. The Morgan fingerprint density at radius 2 is 1.94 bits per heavy atom. The Labute approximate surface area is 183 Å². The van der Waals surface area contributed by atoms with Crippen LogP contribution in [0.25, 0.3) is 0 Å². The minimum absolute atomic E-state index is 0.0612. The van der Waals surface area contributed by atoms with Crippen molar-refractivity contribution < 1.29 is 23.8 Å². The number of nitrogens with one attached hydrogen (secondary N) is 1. The van der Waals surface area contributed by atoms with Crippen molar-refractivity contribution in [1.82, 2.24) is 10.2 Å². The van der Waals surface area contributed by atoms with Crippen molar-refractivity contribution in [1.29, 1.82) is 0 Å². The lowest BCUT2D eigenvalue weighted by Gasteiger charge is -2.52. The molecule has 1 spiro atoms. The highest BCUT2D eigenvalue weighted by Crippen LogP contribution is 2.40. The lowest BCUT2D eigenvalue weighted by atomic mass is 9.80. The summed E-state index contributed by atoms with van der Waals surface area (Å²) in [5.41, 5.74) is 0.595. The van der Waals surface area contributed by atoms with E-state index in [1.807, 2.05) is 30.0 Å². The molecule has 3 fully saturated rings. The topological polar surface area (TPSA) is 77.1 Å². The van der Waals surface area contributed by atoms with E-state index in [2.05, 4.69) is 11.4 Å². The van der Waals surface area contributed by atoms with E-state index in [-0.39, 0.29) is 30.6 Å². The summed E-state index contributed by atoms with van der Waals surface area (Å²) in [6.07, 6.45) is 5.23. The van der Waals surface area contributed by atoms with Gasteiger partial charge in [-0.3, -0.25) is 9.59 Å². The predicted molar refractivity (Wildman–Crippen MR) is 114 cm³/mol. The van der Waals surface area contributed by atoms with Crippen LogP contribution in [0.4, 0.5) is 0 Å². The summed E-state index contributed by atoms with van der Waals surface area (Å²) in [6.45, 7) is 3.34. The highest BCUT2D eigenvalue weighted by Gasteiger charge is 2.50. The van der Waals surface area contributed by atoms with Crippen molar-refractivity contribution in [2.75, 3.05) is 26.4 Å². The fourth-order valence-corrected chi connectivity index (χ4v) is 5.86. The molecule has 1 N–H and O–H groups in total. The molecule has 4 heterocycles. The zero-order valence-corrected chi connectivity index (χ0v) is 18.2. The normalized spacial score (nSPS) is 36.4. The molecule has 2 bridgehead atoms. The van der Waals surface area contributed by atoms with E-state index in [0.717, 1.165) is 44.3 Å². The summed E-state index contributed by atoms with van der Waals surface area (Å²) in [5.74, 6) is 1.06. The van der Waals surface area contributed by atoms with E-state index in [9.17, 15) is 9.59 Å². The summed E-state index contributed by atoms with van der Waals surface area (Å²) in [4.78, 5) is 27.7. The first-order valence-corrected chi connectivity index (χ1v) is 11.6. The first kappa shape index (κ1) is 20.8. The second-order valence-electron chi connectivity index (χ2n) is 9.45. The van der Waals surface area contributed by atoms with E-state index in [0.29, 0.717) is 25.7 Å². The van der Waals surface area contributed by atoms with Crippen LogP contribution in [-0.4, -0.2) is 66.9 Å². The number of carbonyl (C=O) groups excluding carboxylic acids is 2. The smallest absolute Gasteiger partial charge is 0.263 e. The molecule has 2 amide bonds. The van der Waals surface area contributed by atoms with Crippen LogP contribution in [-0.2, 0) is 19.1 Å². The number of hydrogen-bond donors (Lipinski definition) is 1. The third-order valence-electron chi connectivity index (χ3n) is 7.47. The fourth-order valence-electron chi connectivity index (χ4n) is 5.86. The average Bonchev–Trinajstić information content (AvgIpc) is 2.79. The highest BCUT2D eigenvalue weighted by atomic mass is 16.5. The molecule has 0 aromatic heterocycles.